The Balaban J connectivity index is 0.000000636. The first kappa shape index (κ1) is 24.3. The van der Waals surface area contributed by atoms with Crippen LogP contribution in [0.2, 0.25) is 10.0 Å². The van der Waals surface area contributed by atoms with Gasteiger partial charge >= 0.3 is 0 Å². The molecule has 3 atom stereocenters. The van der Waals surface area contributed by atoms with E-state index in [1.165, 1.54) is 5.56 Å². The molecule has 3 unspecified atom stereocenters. The monoisotopic (exact) mass is 497 g/mol. The van der Waals surface area contributed by atoms with Crippen molar-refractivity contribution in [2.75, 3.05) is 0 Å². The Morgan fingerprint density at radius 2 is 1.50 bits per heavy atom. The van der Waals surface area contributed by atoms with Gasteiger partial charge in [0.2, 0.25) is 0 Å². The van der Waals surface area contributed by atoms with Crippen LogP contribution < -0.4 is 0 Å². The normalized spacial score (nSPS) is 21.1. The Morgan fingerprint density at radius 1 is 0.912 bits per heavy atom. The summed E-state index contributed by atoms with van der Waals surface area (Å²) < 4.78 is 0. The number of carbonyl (C=O) groups excluding carboxylic acids is 1. The van der Waals surface area contributed by atoms with Crippen LogP contribution in [0.4, 0.5) is 0 Å². The fourth-order valence-corrected chi connectivity index (χ4v) is 5.40. The Bertz CT molecular complexity index is 1220. The van der Waals surface area contributed by atoms with Gasteiger partial charge in [-0.25, -0.2) is 0 Å². The highest BCUT2D eigenvalue weighted by Crippen LogP contribution is 2.40. The number of halogens is 2. The molecular formula is C27H25Cl2NO4. The van der Waals surface area contributed by atoms with Crippen LogP contribution in [0.3, 0.4) is 0 Å². The van der Waals surface area contributed by atoms with Gasteiger partial charge < -0.3 is 15.1 Å². The summed E-state index contributed by atoms with van der Waals surface area (Å²) in [5.41, 5.74) is 4.88. The van der Waals surface area contributed by atoms with E-state index in [9.17, 15) is 9.90 Å². The van der Waals surface area contributed by atoms with Gasteiger partial charge in [0.15, 0.2) is 0 Å². The van der Waals surface area contributed by atoms with Gasteiger partial charge in [-0.05, 0) is 53.3 Å². The van der Waals surface area contributed by atoms with E-state index < -0.39 is 12.1 Å². The van der Waals surface area contributed by atoms with Crippen LogP contribution in [0.1, 0.15) is 45.6 Å². The van der Waals surface area contributed by atoms with Crippen molar-refractivity contribution in [2.45, 2.75) is 44.4 Å². The Labute approximate surface area is 208 Å². The number of carboxylic acids is 1. The molecule has 2 N–H and O–H groups in total. The zero-order chi connectivity index (χ0) is 24.4. The third kappa shape index (κ3) is 4.97. The lowest BCUT2D eigenvalue weighted by molar-refractivity contribution is -0.134. The van der Waals surface area contributed by atoms with Crippen molar-refractivity contribution in [3.63, 3.8) is 0 Å². The molecule has 1 aliphatic heterocycles. The quantitative estimate of drug-likeness (QED) is 0.499. The highest BCUT2D eigenvalue weighted by atomic mass is 35.5. The molecule has 0 radical (unpaired) electrons. The fourth-order valence-electron chi connectivity index (χ4n) is 4.87. The molecule has 7 heteroatoms. The predicted molar refractivity (Wildman–Crippen MR) is 132 cm³/mol. The van der Waals surface area contributed by atoms with Crippen LogP contribution in [-0.4, -0.2) is 39.1 Å². The Kier molecular flexibility index (Phi) is 7.27. The minimum absolute atomic E-state index is 0.0590. The third-order valence-corrected chi connectivity index (χ3v) is 6.89. The van der Waals surface area contributed by atoms with E-state index in [0.717, 1.165) is 23.6 Å². The number of aliphatic carboxylic acids is 1. The van der Waals surface area contributed by atoms with Gasteiger partial charge in [-0.2, -0.15) is 0 Å². The highest BCUT2D eigenvalue weighted by molar-refractivity contribution is 6.35. The van der Waals surface area contributed by atoms with E-state index in [1.54, 1.807) is 12.1 Å². The smallest absolute Gasteiger partial charge is 0.300 e. The van der Waals surface area contributed by atoms with E-state index in [4.69, 9.17) is 33.1 Å². The third-order valence-electron chi connectivity index (χ3n) is 6.33. The van der Waals surface area contributed by atoms with E-state index in [2.05, 4.69) is 12.1 Å². The van der Waals surface area contributed by atoms with Gasteiger partial charge in [0.1, 0.15) is 0 Å². The number of carboxylic acid groups (broad SMARTS) is 1. The minimum Gasteiger partial charge on any atom is -0.481 e. The maximum atomic E-state index is 13.7. The molecule has 0 aromatic heterocycles. The lowest BCUT2D eigenvalue weighted by Crippen LogP contribution is -2.54. The van der Waals surface area contributed by atoms with Gasteiger partial charge in [-0.3, -0.25) is 9.59 Å². The summed E-state index contributed by atoms with van der Waals surface area (Å²) in [5.74, 6) is -0.892. The molecule has 0 bridgehead atoms. The minimum atomic E-state index is -0.833. The molecular weight excluding hydrogens is 473 g/mol. The van der Waals surface area contributed by atoms with Crippen molar-refractivity contribution in [1.82, 2.24) is 4.90 Å². The van der Waals surface area contributed by atoms with E-state index >= 15 is 0 Å². The van der Waals surface area contributed by atoms with E-state index in [-0.39, 0.29) is 18.0 Å². The summed E-state index contributed by atoms with van der Waals surface area (Å²) in [4.78, 5) is 24.5. The van der Waals surface area contributed by atoms with Crippen molar-refractivity contribution < 1.29 is 19.8 Å². The van der Waals surface area contributed by atoms with Crippen LogP contribution in [0.5, 0.6) is 0 Å². The Hall–Kier alpha value is -2.86. The maximum absolute atomic E-state index is 13.7. The maximum Gasteiger partial charge on any atom is 0.300 e. The Morgan fingerprint density at radius 3 is 2.15 bits per heavy atom. The van der Waals surface area contributed by atoms with Gasteiger partial charge in [0, 0.05) is 29.0 Å². The molecule has 34 heavy (non-hydrogen) atoms. The molecule has 2 aliphatic rings. The molecule has 3 aromatic carbocycles. The molecule has 1 heterocycles. The number of aliphatic hydroxyl groups excluding tert-OH is 1. The van der Waals surface area contributed by atoms with Gasteiger partial charge in [-0.1, -0.05) is 71.7 Å². The van der Waals surface area contributed by atoms with Crippen molar-refractivity contribution >= 4 is 35.1 Å². The molecule has 0 spiro atoms. The second kappa shape index (κ2) is 10.2. The summed E-state index contributed by atoms with van der Waals surface area (Å²) in [6.07, 6.45) is 1.16. The standard InChI is InChI=1S/C25H21Cl2NO2.C2H4O2/c26-18-9-10-20(21(27)14-18)22-12-17-7-3-4-8-19(17)25(30)28(22)23-11-15-5-1-2-6-16(15)13-24(23)29;1-2(3)4/h1-10,14,22-24,29H,11-13H2;1H3,(H,3,4). The van der Waals surface area contributed by atoms with E-state index in [1.807, 2.05) is 47.4 Å². The van der Waals surface area contributed by atoms with Crippen LogP contribution in [-0.2, 0) is 24.1 Å². The summed E-state index contributed by atoms with van der Waals surface area (Å²) in [6.45, 7) is 1.08. The lowest BCUT2D eigenvalue weighted by Gasteiger charge is -2.45. The number of hydrogen-bond acceptors (Lipinski definition) is 3. The molecule has 3 aromatic rings. The highest BCUT2D eigenvalue weighted by Gasteiger charge is 2.42. The van der Waals surface area contributed by atoms with Crippen molar-refractivity contribution in [3.8, 4) is 0 Å². The average Bonchev–Trinajstić information content (AvgIpc) is 2.79. The first-order valence-corrected chi connectivity index (χ1v) is 11.8. The van der Waals surface area contributed by atoms with Crippen LogP contribution >= 0.6 is 23.2 Å². The predicted octanol–water partition coefficient (Wildman–Crippen LogP) is 5.35. The zero-order valence-corrected chi connectivity index (χ0v) is 20.1. The van der Waals surface area contributed by atoms with Crippen molar-refractivity contribution in [2.24, 2.45) is 0 Å². The second-order valence-electron chi connectivity index (χ2n) is 8.59. The van der Waals surface area contributed by atoms with Gasteiger partial charge in [0.25, 0.3) is 11.9 Å². The second-order valence-corrected chi connectivity index (χ2v) is 9.43. The number of amides is 1. The molecule has 0 saturated heterocycles. The number of nitrogens with zero attached hydrogens (tertiary/aromatic N) is 1. The van der Waals surface area contributed by atoms with Crippen LogP contribution in [0.15, 0.2) is 66.7 Å². The molecule has 176 valence electrons. The summed E-state index contributed by atoms with van der Waals surface area (Å²) in [7, 11) is 0. The summed E-state index contributed by atoms with van der Waals surface area (Å²) in [5, 5.41) is 19.6. The summed E-state index contributed by atoms with van der Waals surface area (Å²) >= 11 is 12.7. The molecule has 5 rings (SSSR count). The van der Waals surface area contributed by atoms with Crippen LogP contribution in [0.25, 0.3) is 0 Å². The van der Waals surface area contributed by atoms with Gasteiger partial charge in [0.05, 0.1) is 18.2 Å². The number of rotatable bonds is 2. The SMILES string of the molecule is CC(=O)O.O=C1c2ccccc2CC(c2ccc(Cl)cc2Cl)N1C1Cc2ccccc2CC1O. The summed E-state index contributed by atoms with van der Waals surface area (Å²) in [6, 6.07) is 20.7. The molecule has 1 aliphatic carbocycles. The number of hydrogen-bond donors (Lipinski definition) is 2. The first-order valence-electron chi connectivity index (χ1n) is 11.1. The van der Waals surface area contributed by atoms with Crippen molar-refractivity contribution in [3.05, 3.63) is 105 Å². The topological polar surface area (TPSA) is 77.8 Å². The molecule has 0 saturated carbocycles. The zero-order valence-electron chi connectivity index (χ0n) is 18.6. The molecule has 1 amide bonds. The van der Waals surface area contributed by atoms with Gasteiger partial charge in [-0.15, -0.1) is 0 Å². The number of fused-ring (bicyclic) bond motifs is 2. The van der Waals surface area contributed by atoms with E-state index in [0.29, 0.717) is 34.9 Å². The fraction of sp³-hybridized carbons (Fsp3) is 0.259. The molecule has 5 nitrogen and oxygen atoms in total. The first-order chi connectivity index (χ1) is 16.3. The number of aliphatic hydroxyl groups is 1. The average molecular weight is 498 g/mol. The number of carbonyl (C=O) groups is 2. The van der Waals surface area contributed by atoms with Crippen molar-refractivity contribution in [1.29, 1.82) is 0 Å². The number of benzene rings is 3. The lowest BCUT2D eigenvalue weighted by atomic mass is 9.81. The van der Waals surface area contributed by atoms with Crippen LogP contribution in [0, 0.1) is 0 Å². The molecule has 0 fully saturated rings. The largest absolute Gasteiger partial charge is 0.481 e.